The summed E-state index contributed by atoms with van der Waals surface area (Å²) in [6.45, 7) is 12.4. The molecule has 1 heterocycles. The maximum Gasteiger partial charge on any atom is 0.338 e. The van der Waals surface area contributed by atoms with E-state index in [1.165, 1.54) is 13.8 Å². The smallest absolute Gasteiger partial charge is 0.338 e. The van der Waals surface area contributed by atoms with E-state index < -0.39 is 106 Å². The maximum atomic E-state index is 15.7. The summed E-state index contributed by atoms with van der Waals surface area (Å²) in [6, 6.07) is 24.9. The molecular weight excluding hydrogens is 795 g/mol. The SMILES string of the molecule is CC(=O)O[C@H]1C(=O)[C@@]2(C)C([C@H](OC(=O)c3ccccc3)[C@]3(O)C[C@H](OC(=O)[C@H](C)[C@@H](NC(=O)c4ccccc4)c4ccccc4)C(C)=C1C3(C)C)[C@]1(OC(C)=O)CO[C@@H]1C[C@@H]2C. The first kappa shape index (κ1) is 44.4. The van der Waals surface area contributed by atoms with Gasteiger partial charge >= 0.3 is 23.9 Å². The lowest BCUT2D eigenvalue weighted by molar-refractivity contribution is -0.340. The second-order valence-corrected chi connectivity index (χ2v) is 18.1. The van der Waals surface area contributed by atoms with Crippen molar-refractivity contribution < 1.29 is 57.6 Å². The quantitative estimate of drug-likeness (QED) is 0.133. The van der Waals surface area contributed by atoms with Gasteiger partial charge in [0.1, 0.15) is 23.9 Å². The number of ether oxygens (including phenoxy) is 5. The van der Waals surface area contributed by atoms with E-state index in [2.05, 4.69) is 5.32 Å². The number of fused-ring (bicyclic) bond motifs is 5. The van der Waals surface area contributed by atoms with Gasteiger partial charge in [-0.1, -0.05) is 94.4 Å². The molecule has 0 radical (unpaired) electrons. The van der Waals surface area contributed by atoms with Crippen molar-refractivity contribution in [2.24, 2.45) is 28.6 Å². The summed E-state index contributed by atoms with van der Waals surface area (Å²) < 4.78 is 31.2. The number of amides is 1. The van der Waals surface area contributed by atoms with Crippen LogP contribution in [0, 0.1) is 28.6 Å². The zero-order chi connectivity index (χ0) is 44.9. The highest BCUT2D eigenvalue weighted by atomic mass is 16.6. The number of carbonyl (C=O) groups is 6. The van der Waals surface area contributed by atoms with E-state index in [0.717, 1.165) is 0 Å². The van der Waals surface area contributed by atoms with Crippen LogP contribution in [-0.2, 0) is 42.9 Å². The largest absolute Gasteiger partial charge is 0.457 e. The van der Waals surface area contributed by atoms with E-state index in [1.807, 2.05) is 13.0 Å². The van der Waals surface area contributed by atoms with Crippen LogP contribution in [0.15, 0.2) is 102 Å². The highest BCUT2D eigenvalue weighted by Gasteiger charge is 2.77. The number of nitrogens with one attached hydrogen (secondary N) is 1. The molecule has 1 aliphatic heterocycles. The molecule has 11 atom stereocenters. The Balaban J connectivity index is 1.39. The molecule has 0 aromatic heterocycles. The Bertz CT molecular complexity index is 2280. The van der Waals surface area contributed by atoms with Gasteiger partial charge in [0.05, 0.1) is 30.0 Å². The fourth-order valence-corrected chi connectivity index (χ4v) is 10.7. The Hall–Kier alpha value is -5.66. The summed E-state index contributed by atoms with van der Waals surface area (Å²) in [7, 11) is 0. The Morgan fingerprint density at radius 1 is 0.823 bits per heavy atom. The van der Waals surface area contributed by atoms with Gasteiger partial charge in [-0.2, -0.15) is 0 Å². The molecule has 328 valence electrons. The topological polar surface area (TPSA) is 181 Å². The van der Waals surface area contributed by atoms with Crippen molar-refractivity contribution in [1.29, 1.82) is 0 Å². The third-order valence-corrected chi connectivity index (χ3v) is 14.3. The van der Waals surface area contributed by atoms with Crippen LogP contribution in [0.5, 0.6) is 0 Å². The van der Waals surface area contributed by atoms with Gasteiger partial charge in [0.25, 0.3) is 5.91 Å². The van der Waals surface area contributed by atoms with Crippen molar-refractivity contribution in [2.45, 2.75) is 110 Å². The van der Waals surface area contributed by atoms with Crippen molar-refractivity contribution >= 4 is 35.6 Å². The van der Waals surface area contributed by atoms with Gasteiger partial charge in [-0.15, -0.1) is 0 Å². The highest BCUT2D eigenvalue weighted by Crippen LogP contribution is 2.65. The van der Waals surface area contributed by atoms with Gasteiger partial charge in [0.2, 0.25) is 0 Å². The molecule has 1 unspecified atom stereocenters. The monoisotopic (exact) mass is 849 g/mol. The first-order valence-electron chi connectivity index (χ1n) is 21.1. The van der Waals surface area contributed by atoms with Crippen molar-refractivity contribution in [3.05, 3.63) is 119 Å². The zero-order valence-corrected chi connectivity index (χ0v) is 36.3. The molecular formula is C49H55NO12. The van der Waals surface area contributed by atoms with Gasteiger partial charge in [-0.05, 0) is 67.2 Å². The first-order valence-corrected chi connectivity index (χ1v) is 21.1. The second kappa shape index (κ2) is 16.6. The molecule has 4 aliphatic rings. The molecule has 62 heavy (non-hydrogen) atoms. The second-order valence-electron chi connectivity index (χ2n) is 18.1. The summed E-state index contributed by atoms with van der Waals surface area (Å²) >= 11 is 0. The summed E-state index contributed by atoms with van der Waals surface area (Å²) in [5, 5.41) is 16.8. The molecule has 1 saturated heterocycles. The number of esters is 4. The zero-order valence-electron chi connectivity index (χ0n) is 36.3. The molecule has 3 aromatic carbocycles. The minimum atomic E-state index is -2.20. The molecule has 13 nitrogen and oxygen atoms in total. The first-order chi connectivity index (χ1) is 29.3. The normalized spacial score (nSPS) is 31.9. The number of aliphatic hydroxyl groups is 1. The predicted molar refractivity (Wildman–Crippen MR) is 224 cm³/mol. The van der Waals surface area contributed by atoms with Crippen LogP contribution in [0.1, 0.15) is 101 Å². The van der Waals surface area contributed by atoms with Crippen LogP contribution in [-0.4, -0.2) is 82.9 Å². The molecule has 1 amide bonds. The fraction of sp³-hybridized carbons (Fsp3) is 0.469. The number of carbonyl (C=O) groups excluding carboxylic acids is 6. The molecule has 3 fully saturated rings. The number of Topliss-reactive ketones (excluding diaryl/α,β-unsaturated/α-hetero) is 1. The molecule has 2 bridgehead atoms. The highest BCUT2D eigenvalue weighted by molar-refractivity contribution is 5.96. The molecule has 3 aliphatic carbocycles. The number of hydrogen-bond acceptors (Lipinski definition) is 12. The third kappa shape index (κ3) is 7.32. The Kier molecular flexibility index (Phi) is 11.9. The third-order valence-electron chi connectivity index (χ3n) is 14.3. The Labute approximate surface area is 361 Å². The summed E-state index contributed by atoms with van der Waals surface area (Å²) in [5.41, 5.74) is -5.11. The van der Waals surface area contributed by atoms with Gasteiger partial charge in [-0.3, -0.25) is 24.0 Å². The van der Waals surface area contributed by atoms with Gasteiger partial charge in [0.15, 0.2) is 17.5 Å². The lowest BCUT2D eigenvalue weighted by Crippen LogP contribution is -2.80. The lowest BCUT2D eigenvalue weighted by Gasteiger charge is -2.68. The van der Waals surface area contributed by atoms with Crippen molar-refractivity contribution in [2.75, 3.05) is 6.61 Å². The van der Waals surface area contributed by atoms with E-state index in [9.17, 15) is 29.1 Å². The molecule has 2 saturated carbocycles. The summed E-state index contributed by atoms with van der Waals surface area (Å²) in [4.78, 5) is 84.3. The van der Waals surface area contributed by atoms with Crippen molar-refractivity contribution in [1.82, 2.24) is 5.32 Å². The standard InChI is InChI=1S/C49H55NO12/c1-27-24-36-48(26-58-36,62-31(5)52)40-42(61-45(56)34-22-16-11-17-23-34)49(57)25-35(28(2)37(46(49,6)7)39(59-30(4)51)41(53)47(27,40)8)60-44(55)29(3)38(32-18-12-9-13-19-32)50-43(54)33-20-14-10-15-21-33/h9-23,27,29,35-36,38-40,42,57H,24-26H2,1-8H3,(H,50,54)/t27-,29+,35-,36+,38+,39+,40?,42-,47+,48-,49+/m0/s1. The number of hydrogen-bond donors (Lipinski definition) is 2. The maximum absolute atomic E-state index is 15.7. The minimum Gasteiger partial charge on any atom is -0.457 e. The number of ketones is 1. The molecule has 7 rings (SSSR count). The van der Waals surface area contributed by atoms with Crippen molar-refractivity contribution in [3.63, 3.8) is 0 Å². The van der Waals surface area contributed by atoms with Crippen LogP contribution >= 0.6 is 0 Å². The number of benzene rings is 3. The van der Waals surface area contributed by atoms with Gasteiger partial charge < -0.3 is 34.1 Å². The minimum absolute atomic E-state index is 0.164. The van der Waals surface area contributed by atoms with E-state index in [0.29, 0.717) is 16.7 Å². The summed E-state index contributed by atoms with van der Waals surface area (Å²) in [5.74, 6) is -6.76. The molecule has 13 heteroatoms. The van der Waals surface area contributed by atoms with Crippen LogP contribution < -0.4 is 5.32 Å². The average Bonchev–Trinajstić information content (AvgIpc) is 3.24. The fourth-order valence-electron chi connectivity index (χ4n) is 10.7. The van der Waals surface area contributed by atoms with Crippen LogP contribution in [0.2, 0.25) is 0 Å². The molecule has 3 aromatic rings. The predicted octanol–water partition coefficient (Wildman–Crippen LogP) is 6.29. The van der Waals surface area contributed by atoms with Gasteiger partial charge in [0, 0.05) is 36.7 Å². The molecule has 2 N–H and O–H groups in total. The van der Waals surface area contributed by atoms with Crippen LogP contribution in [0.4, 0.5) is 0 Å². The Morgan fingerprint density at radius 3 is 1.95 bits per heavy atom. The van der Waals surface area contributed by atoms with E-state index in [1.54, 1.807) is 120 Å². The van der Waals surface area contributed by atoms with Crippen molar-refractivity contribution in [3.8, 4) is 0 Å². The Morgan fingerprint density at radius 2 is 1.40 bits per heavy atom. The lowest BCUT2D eigenvalue weighted by atomic mass is 9.43. The average molecular weight is 850 g/mol. The van der Waals surface area contributed by atoms with E-state index >= 15 is 4.79 Å². The molecule has 0 spiro atoms. The van der Waals surface area contributed by atoms with Gasteiger partial charge in [-0.25, -0.2) is 4.79 Å². The number of rotatable bonds is 10. The van der Waals surface area contributed by atoms with Crippen LogP contribution in [0.25, 0.3) is 0 Å². The van der Waals surface area contributed by atoms with E-state index in [-0.39, 0.29) is 30.6 Å². The summed E-state index contributed by atoms with van der Waals surface area (Å²) in [6.07, 6.45) is -5.29. The van der Waals surface area contributed by atoms with E-state index in [4.69, 9.17) is 23.7 Å². The van der Waals surface area contributed by atoms with Crippen LogP contribution in [0.3, 0.4) is 0 Å².